The number of aliphatic imine (C=N–C) groups is 1. The monoisotopic (exact) mass is 155 g/mol. The number of hydrogen-bond donors (Lipinski definition) is 2. The molecule has 3 nitrogen and oxygen atoms in total. The summed E-state index contributed by atoms with van der Waals surface area (Å²) in [5.74, 6) is 0.917. The second kappa shape index (κ2) is 7.28. The van der Waals surface area contributed by atoms with Gasteiger partial charge in [0.05, 0.1) is 0 Å². The van der Waals surface area contributed by atoms with Crippen LogP contribution >= 0.6 is 0 Å². The highest BCUT2D eigenvalue weighted by Gasteiger charge is 1.87. The number of hydrogen-bond acceptors (Lipinski definition) is 3. The number of allylic oxidation sites excluding steroid dienone is 1. The van der Waals surface area contributed by atoms with Crippen molar-refractivity contribution in [1.29, 1.82) is 0 Å². The van der Waals surface area contributed by atoms with Crippen LogP contribution in [0.1, 0.15) is 20.3 Å². The highest BCUT2D eigenvalue weighted by Crippen LogP contribution is 1.91. The molecule has 64 valence electrons. The molecule has 11 heavy (non-hydrogen) atoms. The quantitative estimate of drug-likeness (QED) is 0.579. The van der Waals surface area contributed by atoms with E-state index in [-0.39, 0.29) is 0 Å². The lowest BCUT2D eigenvalue weighted by Gasteiger charge is -2.03. The van der Waals surface area contributed by atoms with Crippen LogP contribution < -0.4 is 11.1 Å². The molecule has 0 amide bonds. The van der Waals surface area contributed by atoms with Crippen molar-refractivity contribution in [2.75, 3.05) is 13.1 Å². The summed E-state index contributed by atoms with van der Waals surface area (Å²) in [6, 6.07) is 0. The number of nitrogens with zero attached hydrogens (tertiary/aromatic N) is 1. The second-order valence-corrected chi connectivity index (χ2v) is 2.10. The molecule has 0 unspecified atom stereocenters. The van der Waals surface area contributed by atoms with Gasteiger partial charge in [0.1, 0.15) is 5.82 Å². The van der Waals surface area contributed by atoms with E-state index in [9.17, 15) is 0 Å². The molecule has 0 fully saturated rings. The molecule has 0 rings (SSSR count). The normalized spacial score (nSPS) is 12.5. The summed E-state index contributed by atoms with van der Waals surface area (Å²) in [7, 11) is 0. The topological polar surface area (TPSA) is 50.4 Å². The van der Waals surface area contributed by atoms with Gasteiger partial charge in [0.2, 0.25) is 0 Å². The first kappa shape index (κ1) is 10.2. The van der Waals surface area contributed by atoms with Gasteiger partial charge in [-0.05, 0) is 19.4 Å². The molecule has 0 atom stereocenters. The van der Waals surface area contributed by atoms with Crippen LogP contribution in [0.25, 0.3) is 0 Å². The van der Waals surface area contributed by atoms with Crippen LogP contribution in [0.5, 0.6) is 0 Å². The second-order valence-electron chi connectivity index (χ2n) is 2.10. The molecule has 0 saturated carbocycles. The van der Waals surface area contributed by atoms with E-state index in [0.717, 1.165) is 18.8 Å². The standard InChI is InChI=1S/C8H17N3/c1-3-5-8(10-4-2)11-7-6-9/h4-5,11H,3,6-7,9H2,1-2H3/b8-5+,10-4?. The summed E-state index contributed by atoms with van der Waals surface area (Å²) >= 11 is 0. The number of nitrogens with two attached hydrogens (primary N) is 1. The van der Waals surface area contributed by atoms with Gasteiger partial charge in [-0.3, -0.25) is 0 Å². The fourth-order valence-corrected chi connectivity index (χ4v) is 0.703. The van der Waals surface area contributed by atoms with Crippen molar-refractivity contribution in [2.45, 2.75) is 20.3 Å². The van der Waals surface area contributed by atoms with Crippen LogP contribution in [-0.2, 0) is 0 Å². The van der Waals surface area contributed by atoms with Crippen LogP contribution in [0.2, 0.25) is 0 Å². The third-order valence-corrected chi connectivity index (χ3v) is 1.12. The maximum Gasteiger partial charge on any atom is 0.121 e. The average Bonchev–Trinajstić information content (AvgIpc) is 2.01. The summed E-state index contributed by atoms with van der Waals surface area (Å²) in [5.41, 5.74) is 5.33. The minimum absolute atomic E-state index is 0.639. The van der Waals surface area contributed by atoms with Gasteiger partial charge in [0, 0.05) is 19.3 Å². The Morgan fingerprint density at radius 2 is 2.36 bits per heavy atom. The SMILES string of the molecule is CC=N/C(=C\CC)NCCN. The van der Waals surface area contributed by atoms with E-state index in [0.29, 0.717) is 6.54 Å². The largest absolute Gasteiger partial charge is 0.369 e. The van der Waals surface area contributed by atoms with Crippen LogP contribution in [-0.4, -0.2) is 19.3 Å². The molecule has 0 radical (unpaired) electrons. The predicted octanol–water partition coefficient (Wildman–Crippen LogP) is 0.877. The first-order valence-electron chi connectivity index (χ1n) is 3.97. The summed E-state index contributed by atoms with van der Waals surface area (Å²) in [4.78, 5) is 4.12. The first-order valence-corrected chi connectivity index (χ1v) is 3.97. The lowest BCUT2D eigenvalue weighted by molar-refractivity contribution is 0.783. The molecule has 3 N–H and O–H groups in total. The van der Waals surface area contributed by atoms with Gasteiger partial charge < -0.3 is 11.1 Å². The van der Waals surface area contributed by atoms with Crippen LogP contribution in [0.15, 0.2) is 16.9 Å². The highest BCUT2D eigenvalue weighted by molar-refractivity contribution is 5.55. The van der Waals surface area contributed by atoms with Crippen molar-refractivity contribution in [3.8, 4) is 0 Å². The van der Waals surface area contributed by atoms with E-state index in [4.69, 9.17) is 5.73 Å². The van der Waals surface area contributed by atoms with Gasteiger partial charge in [-0.15, -0.1) is 0 Å². The maximum absolute atomic E-state index is 5.33. The molecule has 0 aliphatic heterocycles. The minimum atomic E-state index is 0.639. The number of nitrogens with one attached hydrogen (secondary N) is 1. The van der Waals surface area contributed by atoms with Crippen molar-refractivity contribution < 1.29 is 0 Å². The first-order chi connectivity index (χ1) is 5.35. The Hall–Kier alpha value is -0.830. The fraction of sp³-hybridized carbons (Fsp3) is 0.625. The maximum atomic E-state index is 5.33. The summed E-state index contributed by atoms with van der Waals surface area (Å²) < 4.78 is 0. The van der Waals surface area contributed by atoms with Gasteiger partial charge in [0.25, 0.3) is 0 Å². The molecular weight excluding hydrogens is 138 g/mol. The van der Waals surface area contributed by atoms with Gasteiger partial charge >= 0.3 is 0 Å². The Balaban J connectivity index is 3.79. The van der Waals surface area contributed by atoms with E-state index in [1.54, 1.807) is 6.21 Å². The Morgan fingerprint density at radius 1 is 1.64 bits per heavy atom. The zero-order chi connectivity index (χ0) is 8.53. The van der Waals surface area contributed by atoms with Crippen LogP contribution in [0.3, 0.4) is 0 Å². The Kier molecular flexibility index (Phi) is 6.73. The average molecular weight is 155 g/mol. The molecule has 0 bridgehead atoms. The van der Waals surface area contributed by atoms with Crippen LogP contribution in [0, 0.1) is 0 Å². The molecule has 0 saturated heterocycles. The van der Waals surface area contributed by atoms with E-state index >= 15 is 0 Å². The van der Waals surface area contributed by atoms with E-state index in [1.807, 2.05) is 13.0 Å². The predicted molar refractivity (Wildman–Crippen MR) is 49.6 cm³/mol. The lowest BCUT2D eigenvalue weighted by Crippen LogP contribution is -2.21. The highest BCUT2D eigenvalue weighted by atomic mass is 15.0. The van der Waals surface area contributed by atoms with E-state index < -0.39 is 0 Å². The Morgan fingerprint density at radius 3 is 2.82 bits per heavy atom. The zero-order valence-electron chi connectivity index (χ0n) is 7.30. The van der Waals surface area contributed by atoms with Crippen molar-refractivity contribution in [3.05, 3.63) is 11.9 Å². The van der Waals surface area contributed by atoms with Crippen molar-refractivity contribution >= 4 is 6.21 Å². The van der Waals surface area contributed by atoms with E-state index in [2.05, 4.69) is 17.2 Å². The Bertz CT molecular complexity index is 138. The lowest BCUT2D eigenvalue weighted by atomic mass is 10.4. The van der Waals surface area contributed by atoms with Gasteiger partial charge in [-0.1, -0.05) is 6.92 Å². The Labute approximate surface area is 68.4 Å². The van der Waals surface area contributed by atoms with Gasteiger partial charge in [-0.2, -0.15) is 0 Å². The zero-order valence-corrected chi connectivity index (χ0v) is 7.30. The van der Waals surface area contributed by atoms with Gasteiger partial charge in [-0.25, -0.2) is 4.99 Å². The summed E-state index contributed by atoms with van der Waals surface area (Å²) in [5, 5.41) is 3.11. The van der Waals surface area contributed by atoms with Gasteiger partial charge in [0.15, 0.2) is 0 Å². The fourth-order valence-electron chi connectivity index (χ4n) is 0.703. The van der Waals surface area contributed by atoms with Crippen LogP contribution in [0.4, 0.5) is 0 Å². The molecule has 0 aliphatic carbocycles. The van der Waals surface area contributed by atoms with Crippen molar-refractivity contribution in [2.24, 2.45) is 10.7 Å². The van der Waals surface area contributed by atoms with Crippen molar-refractivity contribution in [3.63, 3.8) is 0 Å². The number of rotatable bonds is 5. The summed E-state index contributed by atoms with van der Waals surface area (Å²) in [6.45, 7) is 5.40. The third kappa shape index (κ3) is 5.61. The molecular formula is C8H17N3. The molecule has 0 aliphatic rings. The van der Waals surface area contributed by atoms with Crippen molar-refractivity contribution in [1.82, 2.24) is 5.32 Å². The molecule has 0 heterocycles. The van der Waals surface area contributed by atoms with E-state index in [1.165, 1.54) is 0 Å². The summed E-state index contributed by atoms with van der Waals surface area (Å²) in [6.07, 6.45) is 4.80. The molecule has 0 aromatic carbocycles. The smallest absolute Gasteiger partial charge is 0.121 e. The molecule has 0 aromatic rings. The third-order valence-electron chi connectivity index (χ3n) is 1.12. The molecule has 3 heteroatoms. The minimum Gasteiger partial charge on any atom is -0.369 e. The molecule has 0 spiro atoms. The molecule has 0 aromatic heterocycles.